The molecule has 0 bridgehead atoms. The standard InChI is InChI=1S/C16H26N4O2/c1-16(5-3-9-22-16)12-18-15(21)19(2)11-13-4-7-20-8-6-17-14(20)10-13/h6,8,13H,3-5,7,9-12H2,1-2H3,(H,18,21)/t13-,16+/m0/s1. The van der Waals surface area contributed by atoms with E-state index in [4.69, 9.17) is 4.74 Å². The van der Waals surface area contributed by atoms with E-state index in [1.165, 1.54) is 0 Å². The van der Waals surface area contributed by atoms with Gasteiger partial charge in [0.25, 0.3) is 0 Å². The first-order chi connectivity index (χ1) is 10.6. The summed E-state index contributed by atoms with van der Waals surface area (Å²) in [4.78, 5) is 18.4. The number of hydrogen-bond donors (Lipinski definition) is 1. The van der Waals surface area contributed by atoms with Crippen molar-refractivity contribution >= 4 is 6.03 Å². The SMILES string of the molecule is CN(C[C@H]1CCn2ccnc2C1)C(=O)NC[C@@]1(C)CCCO1. The molecule has 1 aromatic rings. The number of ether oxygens (including phenoxy) is 1. The number of rotatable bonds is 4. The van der Waals surface area contributed by atoms with E-state index in [1.807, 2.05) is 19.4 Å². The molecule has 1 N–H and O–H groups in total. The first-order valence-electron chi connectivity index (χ1n) is 8.19. The fraction of sp³-hybridized carbons (Fsp3) is 0.750. The number of nitrogens with zero attached hydrogens (tertiary/aromatic N) is 3. The molecular weight excluding hydrogens is 280 g/mol. The number of hydrogen-bond acceptors (Lipinski definition) is 3. The van der Waals surface area contributed by atoms with E-state index in [9.17, 15) is 4.79 Å². The van der Waals surface area contributed by atoms with Crippen molar-refractivity contribution in [2.45, 2.75) is 44.8 Å². The number of fused-ring (bicyclic) bond motifs is 1. The van der Waals surface area contributed by atoms with Crippen molar-refractivity contribution in [3.63, 3.8) is 0 Å². The monoisotopic (exact) mass is 306 g/mol. The van der Waals surface area contributed by atoms with E-state index in [0.717, 1.165) is 51.2 Å². The highest BCUT2D eigenvalue weighted by Gasteiger charge is 2.30. The minimum Gasteiger partial charge on any atom is -0.373 e. The molecule has 2 aliphatic rings. The highest BCUT2D eigenvalue weighted by Crippen LogP contribution is 2.24. The first kappa shape index (κ1) is 15.3. The largest absolute Gasteiger partial charge is 0.373 e. The summed E-state index contributed by atoms with van der Waals surface area (Å²) in [6.07, 6.45) is 8.03. The fourth-order valence-corrected chi connectivity index (χ4v) is 3.42. The fourth-order valence-electron chi connectivity index (χ4n) is 3.42. The van der Waals surface area contributed by atoms with Crippen LogP contribution in [-0.4, -0.2) is 52.8 Å². The predicted octanol–water partition coefficient (Wildman–Crippen LogP) is 1.66. The van der Waals surface area contributed by atoms with Gasteiger partial charge in [0.2, 0.25) is 0 Å². The summed E-state index contributed by atoms with van der Waals surface area (Å²) in [5, 5.41) is 3.01. The van der Waals surface area contributed by atoms with Crippen molar-refractivity contribution < 1.29 is 9.53 Å². The van der Waals surface area contributed by atoms with Gasteiger partial charge in [0.05, 0.1) is 5.60 Å². The van der Waals surface area contributed by atoms with Gasteiger partial charge in [-0.2, -0.15) is 0 Å². The van der Waals surface area contributed by atoms with Gasteiger partial charge in [-0.3, -0.25) is 0 Å². The molecule has 0 radical (unpaired) electrons. The van der Waals surface area contributed by atoms with Crippen LogP contribution in [0.25, 0.3) is 0 Å². The van der Waals surface area contributed by atoms with Crippen LogP contribution in [0.5, 0.6) is 0 Å². The molecule has 3 rings (SSSR count). The third kappa shape index (κ3) is 3.43. The molecule has 0 spiro atoms. The maximum atomic E-state index is 12.2. The molecule has 6 nitrogen and oxygen atoms in total. The Balaban J connectivity index is 1.45. The van der Waals surface area contributed by atoms with Crippen LogP contribution in [0.4, 0.5) is 4.79 Å². The molecule has 2 amide bonds. The average molecular weight is 306 g/mol. The van der Waals surface area contributed by atoms with Gasteiger partial charge in [0, 0.05) is 52.1 Å². The van der Waals surface area contributed by atoms with E-state index in [2.05, 4.69) is 21.8 Å². The van der Waals surface area contributed by atoms with Crippen LogP contribution in [-0.2, 0) is 17.7 Å². The normalized spacial score (nSPS) is 27.5. The Bertz CT molecular complexity index is 522. The highest BCUT2D eigenvalue weighted by atomic mass is 16.5. The van der Waals surface area contributed by atoms with Gasteiger partial charge >= 0.3 is 6.03 Å². The van der Waals surface area contributed by atoms with Crippen LogP contribution in [0.2, 0.25) is 0 Å². The van der Waals surface area contributed by atoms with Crippen molar-refractivity contribution in [1.82, 2.24) is 19.8 Å². The van der Waals surface area contributed by atoms with Crippen molar-refractivity contribution in [1.29, 1.82) is 0 Å². The molecular formula is C16H26N4O2. The van der Waals surface area contributed by atoms with Crippen molar-refractivity contribution in [2.24, 2.45) is 5.92 Å². The van der Waals surface area contributed by atoms with E-state index in [-0.39, 0.29) is 11.6 Å². The van der Waals surface area contributed by atoms with Gasteiger partial charge in [0.15, 0.2) is 0 Å². The molecule has 0 aliphatic carbocycles. The van der Waals surface area contributed by atoms with E-state index < -0.39 is 0 Å². The summed E-state index contributed by atoms with van der Waals surface area (Å²) in [7, 11) is 1.87. The van der Waals surface area contributed by atoms with Crippen LogP contribution in [0.15, 0.2) is 12.4 Å². The lowest BCUT2D eigenvalue weighted by Crippen LogP contribution is -2.46. The van der Waals surface area contributed by atoms with Gasteiger partial charge in [-0.1, -0.05) is 0 Å². The van der Waals surface area contributed by atoms with E-state index >= 15 is 0 Å². The molecule has 0 aromatic carbocycles. The zero-order chi connectivity index (χ0) is 15.6. The maximum Gasteiger partial charge on any atom is 0.317 e. The van der Waals surface area contributed by atoms with Crippen molar-refractivity contribution in [2.75, 3.05) is 26.7 Å². The second kappa shape index (κ2) is 6.28. The van der Waals surface area contributed by atoms with Crippen LogP contribution in [0.1, 0.15) is 32.0 Å². The number of amides is 2. The lowest BCUT2D eigenvalue weighted by molar-refractivity contribution is 0.0220. The molecule has 1 aromatic heterocycles. The van der Waals surface area contributed by atoms with E-state index in [0.29, 0.717) is 12.5 Å². The number of nitrogens with one attached hydrogen (secondary N) is 1. The van der Waals surface area contributed by atoms with Crippen LogP contribution in [0, 0.1) is 5.92 Å². The smallest absolute Gasteiger partial charge is 0.317 e. The van der Waals surface area contributed by atoms with Gasteiger partial charge in [0.1, 0.15) is 5.82 Å². The Morgan fingerprint density at radius 3 is 3.27 bits per heavy atom. The topological polar surface area (TPSA) is 59.4 Å². The minimum absolute atomic E-state index is 0.00867. The van der Waals surface area contributed by atoms with Gasteiger partial charge in [-0.25, -0.2) is 9.78 Å². The third-order valence-electron chi connectivity index (χ3n) is 4.84. The minimum atomic E-state index is -0.188. The quantitative estimate of drug-likeness (QED) is 0.920. The lowest BCUT2D eigenvalue weighted by atomic mass is 9.97. The maximum absolute atomic E-state index is 12.2. The Kier molecular flexibility index (Phi) is 4.38. The summed E-state index contributed by atoms with van der Waals surface area (Å²) >= 11 is 0. The third-order valence-corrected chi connectivity index (χ3v) is 4.84. The predicted molar refractivity (Wildman–Crippen MR) is 83.7 cm³/mol. The summed E-state index contributed by atoms with van der Waals surface area (Å²) < 4.78 is 7.91. The summed E-state index contributed by atoms with van der Waals surface area (Å²) in [6, 6.07) is -0.00867. The number of aryl methyl sites for hydroxylation is 1. The summed E-state index contributed by atoms with van der Waals surface area (Å²) in [5.41, 5.74) is -0.188. The van der Waals surface area contributed by atoms with Crippen LogP contribution >= 0.6 is 0 Å². The Morgan fingerprint density at radius 2 is 2.50 bits per heavy atom. The van der Waals surface area contributed by atoms with Crippen molar-refractivity contribution in [3.05, 3.63) is 18.2 Å². The number of carbonyl (C=O) groups is 1. The van der Waals surface area contributed by atoms with E-state index in [1.54, 1.807) is 4.90 Å². The van der Waals surface area contributed by atoms with Crippen molar-refractivity contribution in [3.8, 4) is 0 Å². The molecule has 1 saturated heterocycles. The molecule has 6 heteroatoms. The molecule has 22 heavy (non-hydrogen) atoms. The summed E-state index contributed by atoms with van der Waals surface area (Å²) in [5.74, 6) is 1.63. The highest BCUT2D eigenvalue weighted by molar-refractivity contribution is 5.73. The number of carbonyl (C=O) groups excluding carboxylic acids is 1. The molecule has 2 atom stereocenters. The van der Waals surface area contributed by atoms with Crippen LogP contribution in [0.3, 0.4) is 0 Å². The second-order valence-electron chi connectivity index (χ2n) is 6.84. The number of aromatic nitrogens is 2. The zero-order valence-electron chi connectivity index (χ0n) is 13.5. The second-order valence-corrected chi connectivity index (χ2v) is 6.84. The molecule has 1 fully saturated rings. The number of imidazole rings is 1. The zero-order valence-corrected chi connectivity index (χ0v) is 13.5. The summed E-state index contributed by atoms with van der Waals surface area (Å²) in [6.45, 7) is 5.24. The van der Waals surface area contributed by atoms with Gasteiger partial charge in [-0.05, 0) is 32.1 Å². The molecule has 0 unspecified atom stereocenters. The Hall–Kier alpha value is -1.56. The Morgan fingerprint density at radius 1 is 1.64 bits per heavy atom. The molecule has 3 heterocycles. The number of urea groups is 1. The first-order valence-corrected chi connectivity index (χ1v) is 8.19. The average Bonchev–Trinajstić information content (AvgIpc) is 3.13. The lowest BCUT2D eigenvalue weighted by Gasteiger charge is -2.29. The molecule has 122 valence electrons. The Labute approximate surface area is 131 Å². The van der Waals surface area contributed by atoms with Gasteiger partial charge < -0.3 is 19.5 Å². The molecule has 2 aliphatic heterocycles. The molecule has 0 saturated carbocycles. The van der Waals surface area contributed by atoms with Gasteiger partial charge in [-0.15, -0.1) is 0 Å². The van der Waals surface area contributed by atoms with Crippen LogP contribution < -0.4 is 5.32 Å².